The molecule has 0 saturated heterocycles. The first-order chi connectivity index (χ1) is 39.5. The summed E-state index contributed by atoms with van der Waals surface area (Å²) >= 11 is 0. The van der Waals surface area contributed by atoms with E-state index < -0.39 is 11.9 Å². The van der Waals surface area contributed by atoms with Crippen LogP contribution >= 0.6 is 21.6 Å². The molecule has 5 aromatic rings. The number of methoxy groups -OCH3 is 2. The smallest absolute Gasteiger partial charge is 0.261 e. The fourth-order valence-electron chi connectivity index (χ4n) is 9.83. The molecule has 4 heterocycles. The van der Waals surface area contributed by atoms with Gasteiger partial charge in [-0.1, -0.05) is 99.5 Å². The fraction of sp³-hybridized carbons (Fsp3) is 0.422. The molecule has 5 amide bonds. The first-order valence-corrected chi connectivity index (χ1v) is 30.7. The Morgan fingerprint density at radius 1 is 0.671 bits per heavy atom. The van der Waals surface area contributed by atoms with Crippen molar-refractivity contribution in [2.75, 3.05) is 29.3 Å². The molecule has 0 radical (unpaired) electrons. The number of nitrogens with zero attached hydrogens (tertiary/aromatic N) is 4. The molecular weight excluding hydrogens is 1070 g/mol. The third-order valence-electron chi connectivity index (χ3n) is 14.3. The average Bonchev–Trinajstić information content (AvgIpc) is 3.94. The van der Waals surface area contributed by atoms with Gasteiger partial charge in [-0.25, -0.2) is 0 Å². The molecule has 5 atom stereocenters. The number of carbonyl (C=O) groups is 5. The largest absolute Gasteiger partial charge is 0.493 e. The maximum Gasteiger partial charge on any atom is 0.261 e. The molecule has 4 aliphatic heterocycles. The van der Waals surface area contributed by atoms with E-state index in [-0.39, 0.29) is 71.4 Å². The van der Waals surface area contributed by atoms with Gasteiger partial charge in [-0.3, -0.25) is 43.8 Å². The van der Waals surface area contributed by atoms with Crippen LogP contribution in [0.2, 0.25) is 0 Å². The van der Waals surface area contributed by atoms with Gasteiger partial charge in [-0.15, -0.1) is 0 Å². The Hall–Kier alpha value is -7.31. The Morgan fingerprint density at radius 3 is 1.65 bits per heavy atom. The lowest BCUT2D eigenvalue weighted by molar-refractivity contribution is -0.126. The number of carbonyl (C=O) groups excluding carboxylic acids is 5. The molecule has 0 fully saturated rings. The predicted molar refractivity (Wildman–Crippen MR) is 333 cm³/mol. The highest BCUT2D eigenvalue weighted by atomic mass is 33.1. The lowest BCUT2D eigenvalue weighted by Gasteiger charge is -2.25. The summed E-state index contributed by atoms with van der Waals surface area (Å²) in [6, 6.07) is 26.7. The van der Waals surface area contributed by atoms with Crippen LogP contribution in [-0.4, -0.2) is 90.3 Å². The second-order valence-corrected chi connectivity index (χ2v) is 24.2. The number of fused-ring (bicyclic) bond motifs is 8. The van der Waals surface area contributed by atoms with Gasteiger partial charge in [-0.05, 0) is 112 Å². The zero-order valence-electron chi connectivity index (χ0n) is 49.3. The number of ether oxygens (including phenoxy) is 4. The van der Waals surface area contributed by atoms with Gasteiger partial charge < -0.3 is 34.9 Å². The highest BCUT2D eigenvalue weighted by Gasteiger charge is 2.38. The topological polar surface area (TPSA) is 190 Å². The van der Waals surface area contributed by atoms with Crippen molar-refractivity contribution in [2.45, 2.75) is 162 Å². The minimum Gasteiger partial charge on any atom is -0.493 e. The molecule has 9 rings (SSSR count). The summed E-state index contributed by atoms with van der Waals surface area (Å²) in [7, 11) is 6.45. The molecule has 82 heavy (non-hydrogen) atoms. The number of hydrogen-bond donors (Lipinski definition) is 3. The van der Waals surface area contributed by atoms with Crippen LogP contribution in [0.4, 0.5) is 28.4 Å². The monoisotopic (exact) mass is 1150 g/mol. The van der Waals surface area contributed by atoms with E-state index in [2.05, 4.69) is 36.7 Å². The van der Waals surface area contributed by atoms with Crippen LogP contribution in [0.1, 0.15) is 144 Å². The van der Waals surface area contributed by atoms with E-state index in [1.807, 2.05) is 96.1 Å². The number of hydrogen-bond acceptors (Lipinski definition) is 13. The maximum atomic E-state index is 14.1. The zero-order chi connectivity index (χ0) is 59.3. The van der Waals surface area contributed by atoms with Gasteiger partial charge in [0.05, 0.1) is 48.8 Å². The van der Waals surface area contributed by atoms with Crippen LogP contribution in [0.5, 0.6) is 23.0 Å². The van der Waals surface area contributed by atoms with Crippen LogP contribution in [0.15, 0.2) is 101 Å². The lowest BCUT2D eigenvalue weighted by atomic mass is 10.1. The molecular formula is C64H79N7O9S2. The van der Waals surface area contributed by atoms with Crippen LogP contribution in [0.25, 0.3) is 0 Å². The second-order valence-electron chi connectivity index (χ2n) is 20.8. The Morgan fingerprint density at radius 2 is 1.16 bits per heavy atom. The van der Waals surface area contributed by atoms with E-state index in [0.717, 1.165) is 35.3 Å². The molecule has 0 spiro atoms. The minimum atomic E-state index is -0.878. The summed E-state index contributed by atoms with van der Waals surface area (Å²) < 4.78 is 24.3. The van der Waals surface area contributed by atoms with Crippen LogP contribution in [0.3, 0.4) is 0 Å². The Labute approximate surface area is 491 Å². The molecule has 4 unspecified atom stereocenters. The third-order valence-corrected chi connectivity index (χ3v) is 18.3. The van der Waals surface area contributed by atoms with Crippen molar-refractivity contribution in [2.24, 2.45) is 9.98 Å². The van der Waals surface area contributed by atoms with E-state index in [9.17, 15) is 24.0 Å². The molecule has 5 aromatic carbocycles. The Balaban J connectivity index is 0.00000237. The quantitative estimate of drug-likeness (QED) is 0.0559. The van der Waals surface area contributed by atoms with Crippen molar-refractivity contribution in [3.8, 4) is 23.0 Å². The Bertz CT molecular complexity index is 3020. The van der Waals surface area contributed by atoms with Gasteiger partial charge in [-0.2, -0.15) is 0 Å². The molecule has 0 aromatic heterocycles. The molecule has 0 bridgehead atoms. The average molecular weight is 1150 g/mol. The molecule has 3 N–H and O–H groups in total. The number of rotatable bonds is 22. The van der Waals surface area contributed by atoms with Gasteiger partial charge in [0.1, 0.15) is 19.3 Å². The number of anilines is 3. The van der Waals surface area contributed by atoms with Crippen molar-refractivity contribution >= 4 is 92.0 Å². The van der Waals surface area contributed by atoms with Gasteiger partial charge in [0.15, 0.2) is 23.0 Å². The molecule has 0 aliphatic carbocycles. The SMILES string of the molecule is CC.CC.CCC(C)NC(=O)CCC(C)SSC(C)(C)CCC(=O)NC(C)C(=O)Nc1cc(COc2cc3c(cc2OC)C(=O)N2c4ccccc4CC2C=N3)cc(COc2cc3c(cc2OC)C(=O)N2c4ccccc4C[C@H]2C=N3)c1. The van der Waals surface area contributed by atoms with Gasteiger partial charge in [0, 0.05) is 83.3 Å². The number of amides is 5. The summed E-state index contributed by atoms with van der Waals surface area (Å²) in [6.07, 6.45) is 7.82. The lowest BCUT2D eigenvalue weighted by Crippen LogP contribution is -2.42. The highest BCUT2D eigenvalue weighted by molar-refractivity contribution is 8.77. The predicted octanol–water partition coefficient (Wildman–Crippen LogP) is 13.0. The maximum absolute atomic E-state index is 14.1. The Kier molecular flexibility index (Phi) is 21.7. The van der Waals surface area contributed by atoms with Gasteiger partial charge in [0.25, 0.3) is 11.8 Å². The summed E-state index contributed by atoms with van der Waals surface area (Å²) in [5.74, 6) is 0.417. The first kappa shape index (κ1) is 62.3. The number of nitrogens with one attached hydrogen (secondary N) is 3. The van der Waals surface area contributed by atoms with E-state index in [1.165, 1.54) is 14.2 Å². The van der Waals surface area contributed by atoms with Crippen molar-refractivity contribution in [1.82, 2.24) is 10.6 Å². The minimum absolute atomic E-state index is 0.0101. The van der Waals surface area contributed by atoms with E-state index in [0.29, 0.717) is 88.0 Å². The molecule has 4 aliphatic rings. The normalized spacial score (nSPS) is 16.3. The second kappa shape index (κ2) is 28.6. The summed E-state index contributed by atoms with van der Waals surface area (Å²) in [6.45, 7) is 20.0. The first-order valence-electron chi connectivity index (χ1n) is 28.5. The molecule has 18 heteroatoms. The molecule has 16 nitrogen and oxygen atoms in total. The van der Waals surface area contributed by atoms with Crippen LogP contribution in [-0.2, 0) is 40.4 Å². The van der Waals surface area contributed by atoms with E-state index in [4.69, 9.17) is 28.9 Å². The number of aliphatic imine (C=N–C) groups is 2. The summed E-state index contributed by atoms with van der Waals surface area (Å²) in [5.41, 5.74) is 7.29. The van der Waals surface area contributed by atoms with Crippen molar-refractivity contribution in [1.29, 1.82) is 0 Å². The molecule has 0 saturated carbocycles. The number of para-hydroxylation sites is 2. The van der Waals surface area contributed by atoms with Gasteiger partial charge in [0.2, 0.25) is 17.7 Å². The highest BCUT2D eigenvalue weighted by Crippen LogP contribution is 2.44. The standard InChI is InChI=1S/C60H67N7O9S2.2C2H6/c1-9-35(2)63-55(68)19-18-36(3)77-78-60(5,6)21-20-56(69)64-37(4)57(70)65-42-23-38(33-75-53-29-47-45(27-51(53)73-7)58(71)66-43(31-61-47)25-40-14-10-12-16-49(40)66)22-39(24-42)34-76-54-30-48-46(28-52(54)74-8)59(72)67-44(32-62-48)26-41-15-11-13-17-50(41)67;2*1-2/h10-17,22-24,27-32,35-37,43-44H,9,18-21,25-26,33-34H2,1-8H3,(H,63,68)(H,64,69)(H,65,70);2*1-2H3/t35?,36?,37?,43-,44?;;/m0../s1. The van der Waals surface area contributed by atoms with Crippen LogP contribution in [0, 0.1) is 0 Å². The fourth-order valence-corrected chi connectivity index (χ4v) is 12.5. The number of benzene rings is 5. The van der Waals surface area contributed by atoms with E-state index in [1.54, 1.807) is 87.1 Å². The van der Waals surface area contributed by atoms with Gasteiger partial charge >= 0.3 is 0 Å². The summed E-state index contributed by atoms with van der Waals surface area (Å²) in [5, 5.41) is 9.14. The zero-order valence-corrected chi connectivity index (χ0v) is 51.0. The molecule has 436 valence electrons. The van der Waals surface area contributed by atoms with Crippen molar-refractivity contribution < 1.29 is 42.9 Å². The third kappa shape index (κ3) is 15.0. The van der Waals surface area contributed by atoms with Crippen molar-refractivity contribution in [3.63, 3.8) is 0 Å². The summed E-state index contributed by atoms with van der Waals surface area (Å²) in [4.78, 5) is 80.8. The van der Waals surface area contributed by atoms with Crippen LogP contribution < -0.4 is 44.7 Å². The van der Waals surface area contributed by atoms with Crippen molar-refractivity contribution in [3.05, 3.63) is 124 Å². The van der Waals surface area contributed by atoms with E-state index >= 15 is 0 Å².